The van der Waals surface area contributed by atoms with E-state index in [-0.39, 0.29) is 11.1 Å². The van der Waals surface area contributed by atoms with Crippen molar-refractivity contribution in [2.24, 2.45) is 11.8 Å². The number of piperidine rings is 1. The van der Waals surface area contributed by atoms with Crippen molar-refractivity contribution in [3.8, 4) is 0 Å². The lowest BCUT2D eigenvalue weighted by Gasteiger charge is -2.45. The maximum absolute atomic E-state index is 11.9. The molecule has 1 amide bonds. The van der Waals surface area contributed by atoms with Crippen molar-refractivity contribution in [1.29, 1.82) is 0 Å². The van der Waals surface area contributed by atoms with Gasteiger partial charge in [-0.05, 0) is 40.1 Å². The van der Waals surface area contributed by atoms with Crippen LogP contribution in [0.3, 0.4) is 0 Å². The predicted octanol–water partition coefficient (Wildman–Crippen LogP) is 3.95. The highest BCUT2D eigenvalue weighted by Crippen LogP contribution is 2.47. The van der Waals surface area contributed by atoms with Gasteiger partial charge in [0.15, 0.2) is 0 Å². The average Bonchev–Trinajstić information content (AvgIpc) is 3.47. The van der Waals surface area contributed by atoms with E-state index in [1.807, 2.05) is 12.1 Å². The standard InChI is InChI=1S/C24H31NO3Si/c1-24(2,3)29(21-10-6-4-7-11-21,22-12-8-5-9-13-22)28-17-20-15-18-14-19(18)16-25(20)23(26)27/h4-13,18-20H,14-17H2,1-3H3,(H,26,27)/t18-,19+,20-/m0/s1. The number of rotatable bonds is 5. The van der Waals surface area contributed by atoms with E-state index >= 15 is 0 Å². The first-order valence-corrected chi connectivity index (χ1v) is 12.5. The molecule has 2 fully saturated rings. The van der Waals surface area contributed by atoms with Crippen molar-refractivity contribution >= 4 is 24.8 Å². The number of fused-ring (bicyclic) bond motifs is 1. The fourth-order valence-corrected chi connectivity index (χ4v) is 9.67. The Labute approximate surface area is 174 Å². The molecular weight excluding hydrogens is 378 g/mol. The van der Waals surface area contributed by atoms with Crippen LogP contribution in [0.2, 0.25) is 5.04 Å². The Morgan fingerprint density at radius 2 is 1.55 bits per heavy atom. The van der Waals surface area contributed by atoms with Crippen LogP contribution in [0.5, 0.6) is 0 Å². The first-order valence-electron chi connectivity index (χ1n) is 10.6. The normalized spacial score (nSPS) is 24.1. The summed E-state index contributed by atoms with van der Waals surface area (Å²) < 4.78 is 6.99. The van der Waals surface area contributed by atoms with E-state index in [1.54, 1.807) is 4.90 Å². The molecule has 0 radical (unpaired) electrons. The Bertz CT molecular complexity index is 810. The van der Waals surface area contributed by atoms with Crippen LogP contribution in [0.4, 0.5) is 4.79 Å². The molecule has 4 rings (SSSR count). The molecule has 5 heteroatoms. The molecule has 0 bridgehead atoms. The topological polar surface area (TPSA) is 49.8 Å². The average molecular weight is 410 g/mol. The highest BCUT2D eigenvalue weighted by Gasteiger charge is 2.52. The van der Waals surface area contributed by atoms with Gasteiger partial charge in [0.25, 0.3) is 8.32 Å². The second-order valence-corrected chi connectivity index (χ2v) is 13.9. The van der Waals surface area contributed by atoms with E-state index < -0.39 is 14.4 Å². The molecule has 1 heterocycles. The highest BCUT2D eigenvalue weighted by molar-refractivity contribution is 6.99. The molecule has 154 valence electrons. The molecule has 2 aromatic rings. The van der Waals surface area contributed by atoms with Crippen molar-refractivity contribution in [1.82, 2.24) is 4.90 Å². The third kappa shape index (κ3) is 3.73. The van der Waals surface area contributed by atoms with E-state index in [0.717, 1.165) is 6.42 Å². The Balaban J connectivity index is 1.71. The van der Waals surface area contributed by atoms with Gasteiger partial charge < -0.3 is 14.4 Å². The second kappa shape index (κ2) is 7.61. The quantitative estimate of drug-likeness (QED) is 0.761. The lowest BCUT2D eigenvalue weighted by atomic mass is 10.0. The molecule has 1 aliphatic carbocycles. The fourth-order valence-electron chi connectivity index (χ4n) is 5.08. The molecule has 0 aromatic heterocycles. The first kappa shape index (κ1) is 20.2. The van der Waals surface area contributed by atoms with Gasteiger partial charge in [0.05, 0.1) is 12.6 Å². The monoisotopic (exact) mass is 409 g/mol. The first-order chi connectivity index (χ1) is 13.8. The number of likely N-dealkylation sites (tertiary alicyclic amines) is 1. The van der Waals surface area contributed by atoms with E-state index in [1.165, 1.54) is 16.8 Å². The minimum absolute atomic E-state index is 0.0575. The summed E-state index contributed by atoms with van der Waals surface area (Å²) in [4.78, 5) is 13.5. The van der Waals surface area contributed by atoms with Crippen molar-refractivity contribution in [2.45, 2.75) is 44.7 Å². The Morgan fingerprint density at radius 3 is 2.03 bits per heavy atom. The number of amides is 1. The summed E-state index contributed by atoms with van der Waals surface area (Å²) in [5, 5.41) is 12.1. The van der Waals surface area contributed by atoms with Gasteiger partial charge in [-0.15, -0.1) is 0 Å². The van der Waals surface area contributed by atoms with Gasteiger partial charge in [-0.3, -0.25) is 0 Å². The number of carboxylic acid groups (broad SMARTS) is 1. The highest BCUT2D eigenvalue weighted by atomic mass is 28.4. The lowest BCUT2D eigenvalue weighted by molar-refractivity contribution is 0.0782. The minimum Gasteiger partial charge on any atom is -0.465 e. The van der Waals surface area contributed by atoms with Gasteiger partial charge in [-0.25, -0.2) is 4.79 Å². The van der Waals surface area contributed by atoms with Gasteiger partial charge >= 0.3 is 6.09 Å². The summed E-state index contributed by atoms with van der Waals surface area (Å²) in [5.41, 5.74) is 0. The maximum atomic E-state index is 11.9. The molecule has 29 heavy (non-hydrogen) atoms. The summed E-state index contributed by atoms with van der Waals surface area (Å²) in [6.45, 7) is 7.89. The van der Waals surface area contributed by atoms with E-state index in [4.69, 9.17) is 4.43 Å². The van der Waals surface area contributed by atoms with Crippen molar-refractivity contribution in [3.63, 3.8) is 0 Å². The van der Waals surface area contributed by atoms with Crippen LogP contribution in [-0.4, -0.2) is 43.6 Å². The molecule has 1 saturated carbocycles. The van der Waals surface area contributed by atoms with E-state index in [0.29, 0.717) is 25.0 Å². The minimum atomic E-state index is -2.63. The summed E-state index contributed by atoms with van der Waals surface area (Å²) >= 11 is 0. The van der Waals surface area contributed by atoms with Crippen LogP contribution in [-0.2, 0) is 4.43 Å². The molecule has 2 aliphatic rings. The zero-order valence-corrected chi connectivity index (χ0v) is 18.5. The van der Waals surface area contributed by atoms with Crippen LogP contribution in [0.1, 0.15) is 33.6 Å². The molecular formula is C24H31NO3Si. The third-order valence-electron chi connectivity index (χ3n) is 6.67. The second-order valence-electron chi connectivity index (χ2n) is 9.55. The SMILES string of the molecule is CC(C)(C)[Si](OC[C@@H]1C[C@@H]2C[C@@H]2CN1C(=O)O)(c1ccccc1)c1ccccc1. The maximum Gasteiger partial charge on any atom is 0.407 e. The molecule has 1 N–H and O–H groups in total. The molecule has 3 atom stereocenters. The number of nitrogens with zero attached hydrogens (tertiary/aromatic N) is 1. The van der Waals surface area contributed by atoms with Crippen molar-refractivity contribution in [3.05, 3.63) is 60.7 Å². The van der Waals surface area contributed by atoms with Crippen LogP contribution in [0.25, 0.3) is 0 Å². The van der Waals surface area contributed by atoms with Gasteiger partial charge in [0, 0.05) is 6.54 Å². The largest absolute Gasteiger partial charge is 0.465 e. The fraction of sp³-hybridized carbons (Fsp3) is 0.458. The Hall–Kier alpha value is -2.11. The summed E-state index contributed by atoms with van der Waals surface area (Å²) in [6, 6.07) is 21.0. The van der Waals surface area contributed by atoms with Crippen LogP contribution < -0.4 is 10.4 Å². The Kier molecular flexibility index (Phi) is 5.30. The third-order valence-corrected chi connectivity index (χ3v) is 11.7. The van der Waals surface area contributed by atoms with Gasteiger partial charge in [-0.1, -0.05) is 81.4 Å². The summed E-state index contributed by atoms with van der Waals surface area (Å²) in [6.07, 6.45) is 1.28. The Morgan fingerprint density at radius 1 is 1.00 bits per heavy atom. The van der Waals surface area contributed by atoms with Crippen LogP contribution in [0, 0.1) is 11.8 Å². The molecule has 4 nitrogen and oxygen atoms in total. The molecule has 1 aliphatic heterocycles. The number of benzene rings is 2. The van der Waals surface area contributed by atoms with Gasteiger partial charge in [-0.2, -0.15) is 0 Å². The van der Waals surface area contributed by atoms with Crippen LogP contribution >= 0.6 is 0 Å². The predicted molar refractivity (Wildman–Crippen MR) is 118 cm³/mol. The molecule has 1 saturated heterocycles. The zero-order chi connectivity index (χ0) is 20.6. The van der Waals surface area contributed by atoms with Gasteiger partial charge in [0.1, 0.15) is 0 Å². The summed E-state index contributed by atoms with van der Waals surface area (Å²) in [5.74, 6) is 1.24. The lowest BCUT2D eigenvalue weighted by Crippen LogP contribution is -2.67. The van der Waals surface area contributed by atoms with Gasteiger partial charge in [0.2, 0.25) is 0 Å². The van der Waals surface area contributed by atoms with E-state index in [9.17, 15) is 9.90 Å². The van der Waals surface area contributed by atoms with Crippen LogP contribution in [0.15, 0.2) is 60.7 Å². The smallest absolute Gasteiger partial charge is 0.407 e. The molecule has 0 unspecified atom stereocenters. The zero-order valence-electron chi connectivity index (χ0n) is 17.5. The van der Waals surface area contributed by atoms with Crippen molar-refractivity contribution < 1.29 is 14.3 Å². The van der Waals surface area contributed by atoms with E-state index in [2.05, 4.69) is 69.3 Å². The number of hydrogen-bond acceptors (Lipinski definition) is 2. The number of carbonyl (C=O) groups is 1. The molecule has 2 aromatic carbocycles. The number of hydrogen-bond donors (Lipinski definition) is 1. The molecule has 0 spiro atoms. The summed E-state index contributed by atoms with van der Waals surface area (Å²) in [7, 11) is -2.63. The van der Waals surface area contributed by atoms with Crippen molar-refractivity contribution in [2.75, 3.05) is 13.2 Å².